The van der Waals surface area contributed by atoms with Crippen LogP contribution in [0.4, 0.5) is 13.2 Å². The molecule has 1 aromatic carbocycles. The minimum atomic E-state index is -4.27. The maximum Gasteiger partial charge on any atom is 0.416 e. The summed E-state index contributed by atoms with van der Waals surface area (Å²) < 4.78 is 38.7. The SMILES string of the molecule is CC(C)CNCC1(c2cccc(C(F)(F)F)c2)CC(C)C1. The van der Waals surface area contributed by atoms with Crippen molar-refractivity contribution in [3.05, 3.63) is 35.4 Å². The number of rotatable bonds is 5. The third-order valence-corrected chi connectivity index (χ3v) is 4.30. The first-order valence-electron chi connectivity index (χ1n) is 7.61. The van der Waals surface area contributed by atoms with Gasteiger partial charge < -0.3 is 5.32 Å². The summed E-state index contributed by atoms with van der Waals surface area (Å²) in [4.78, 5) is 0. The Morgan fingerprint density at radius 2 is 1.95 bits per heavy atom. The van der Waals surface area contributed by atoms with Crippen molar-refractivity contribution in [2.75, 3.05) is 13.1 Å². The molecule has 1 aliphatic rings. The van der Waals surface area contributed by atoms with Crippen LogP contribution in [0.15, 0.2) is 24.3 Å². The van der Waals surface area contributed by atoms with E-state index in [9.17, 15) is 13.2 Å². The summed E-state index contributed by atoms with van der Waals surface area (Å²) >= 11 is 0. The van der Waals surface area contributed by atoms with Gasteiger partial charge in [0, 0.05) is 12.0 Å². The molecule has 0 aliphatic heterocycles. The van der Waals surface area contributed by atoms with Crippen LogP contribution in [0.2, 0.25) is 0 Å². The first-order valence-corrected chi connectivity index (χ1v) is 7.61. The van der Waals surface area contributed by atoms with E-state index in [4.69, 9.17) is 0 Å². The van der Waals surface area contributed by atoms with Crippen molar-refractivity contribution in [2.24, 2.45) is 11.8 Å². The van der Waals surface area contributed by atoms with Gasteiger partial charge in [-0.3, -0.25) is 0 Å². The van der Waals surface area contributed by atoms with Gasteiger partial charge in [-0.1, -0.05) is 39.0 Å². The predicted octanol–water partition coefficient (Wildman–Crippen LogP) is 4.62. The highest BCUT2D eigenvalue weighted by Crippen LogP contribution is 2.48. The van der Waals surface area contributed by atoms with E-state index in [1.165, 1.54) is 12.1 Å². The molecule has 0 aromatic heterocycles. The van der Waals surface area contributed by atoms with Crippen molar-refractivity contribution in [3.8, 4) is 0 Å². The highest BCUT2D eigenvalue weighted by Gasteiger charge is 2.44. The lowest BCUT2D eigenvalue weighted by Crippen LogP contribution is -2.48. The molecule has 0 heterocycles. The number of halogens is 3. The molecule has 1 aliphatic carbocycles. The molecule has 0 amide bonds. The topological polar surface area (TPSA) is 12.0 Å². The first-order chi connectivity index (χ1) is 9.73. The summed E-state index contributed by atoms with van der Waals surface area (Å²) in [6, 6.07) is 5.87. The Morgan fingerprint density at radius 3 is 2.48 bits per heavy atom. The lowest BCUT2D eigenvalue weighted by atomic mass is 9.59. The summed E-state index contributed by atoms with van der Waals surface area (Å²) in [5, 5.41) is 3.42. The van der Waals surface area contributed by atoms with Crippen molar-refractivity contribution < 1.29 is 13.2 Å². The minimum Gasteiger partial charge on any atom is -0.316 e. The van der Waals surface area contributed by atoms with E-state index >= 15 is 0 Å². The van der Waals surface area contributed by atoms with E-state index in [0.29, 0.717) is 11.8 Å². The van der Waals surface area contributed by atoms with Crippen LogP contribution in [0.5, 0.6) is 0 Å². The molecular formula is C17H24F3N. The van der Waals surface area contributed by atoms with Crippen LogP contribution < -0.4 is 5.32 Å². The molecule has 0 unspecified atom stereocenters. The Bertz CT molecular complexity index is 473. The monoisotopic (exact) mass is 299 g/mol. The van der Waals surface area contributed by atoms with Crippen molar-refractivity contribution in [1.29, 1.82) is 0 Å². The number of nitrogens with one attached hydrogen (secondary N) is 1. The Morgan fingerprint density at radius 1 is 1.29 bits per heavy atom. The molecule has 4 heteroatoms. The third-order valence-electron chi connectivity index (χ3n) is 4.30. The Balaban J connectivity index is 2.18. The van der Waals surface area contributed by atoms with Gasteiger partial charge in [0.1, 0.15) is 0 Å². The van der Waals surface area contributed by atoms with E-state index in [2.05, 4.69) is 26.1 Å². The molecule has 1 N–H and O–H groups in total. The largest absolute Gasteiger partial charge is 0.416 e. The Kier molecular flexibility index (Phi) is 4.66. The van der Waals surface area contributed by atoms with Crippen LogP contribution in [0.25, 0.3) is 0 Å². The maximum atomic E-state index is 12.9. The zero-order chi connectivity index (χ0) is 15.7. The van der Waals surface area contributed by atoms with Gasteiger partial charge in [-0.25, -0.2) is 0 Å². The standard InChI is InChI=1S/C17H24F3N/c1-12(2)10-21-11-16(8-13(3)9-16)14-5-4-6-15(7-14)17(18,19)20/h4-7,12-13,21H,8-11H2,1-3H3. The molecule has 21 heavy (non-hydrogen) atoms. The molecule has 1 nitrogen and oxygen atoms in total. The van der Waals surface area contributed by atoms with Gasteiger partial charge in [0.2, 0.25) is 0 Å². The van der Waals surface area contributed by atoms with E-state index in [1.54, 1.807) is 0 Å². The molecule has 2 rings (SSSR count). The second kappa shape index (κ2) is 5.99. The molecule has 0 spiro atoms. The number of hydrogen-bond donors (Lipinski definition) is 1. The number of benzene rings is 1. The highest BCUT2D eigenvalue weighted by atomic mass is 19.4. The molecule has 1 aromatic rings. The Labute approximate surface area is 124 Å². The van der Waals surface area contributed by atoms with Gasteiger partial charge in [-0.05, 0) is 42.9 Å². The van der Waals surface area contributed by atoms with Gasteiger partial charge in [-0.2, -0.15) is 13.2 Å². The second-order valence-electron chi connectivity index (χ2n) is 6.90. The summed E-state index contributed by atoms with van der Waals surface area (Å²) in [5.74, 6) is 1.13. The van der Waals surface area contributed by atoms with E-state index in [-0.39, 0.29) is 5.41 Å². The number of hydrogen-bond acceptors (Lipinski definition) is 1. The average Bonchev–Trinajstić information content (AvgIpc) is 2.35. The maximum absolute atomic E-state index is 12.9. The van der Waals surface area contributed by atoms with Crippen LogP contribution in [0, 0.1) is 11.8 Å². The molecule has 1 saturated carbocycles. The fourth-order valence-corrected chi connectivity index (χ4v) is 3.38. The summed E-state index contributed by atoms with van der Waals surface area (Å²) in [6.07, 6.45) is -2.35. The average molecular weight is 299 g/mol. The molecule has 0 atom stereocenters. The van der Waals surface area contributed by atoms with Crippen molar-refractivity contribution >= 4 is 0 Å². The zero-order valence-electron chi connectivity index (χ0n) is 12.9. The van der Waals surface area contributed by atoms with E-state index in [0.717, 1.165) is 37.6 Å². The summed E-state index contributed by atoms with van der Waals surface area (Å²) in [7, 11) is 0. The van der Waals surface area contributed by atoms with E-state index in [1.807, 2.05) is 6.07 Å². The van der Waals surface area contributed by atoms with Crippen molar-refractivity contribution in [3.63, 3.8) is 0 Å². The van der Waals surface area contributed by atoms with Crippen LogP contribution in [0.3, 0.4) is 0 Å². The van der Waals surface area contributed by atoms with Crippen molar-refractivity contribution in [2.45, 2.75) is 45.2 Å². The van der Waals surface area contributed by atoms with Crippen molar-refractivity contribution in [1.82, 2.24) is 5.32 Å². The Hall–Kier alpha value is -1.03. The quantitative estimate of drug-likeness (QED) is 0.836. The lowest BCUT2D eigenvalue weighted by molar-refractivity contribution is -0.137. The van der Waals surface area contributed by atoms with Crippen LogP contribution >= 0.6 is 0 Å². The van der Waals surface area contributed by atoms with E-state index < -0.39 is 11.7 Å². The normalized spacial score (nSPS) is 26.0. The zero-order valence-corrected chi connectivity index (χ0v) is 12.9. The van der Waals surface area contributed by atoms with Crippen LogP contribution in [0.1, 0.15) is 44.7 Å². The lowest BCUT2D eigenvalue weighted by Gasteiger charge is -2.47. The van der Waals surface area contributed by atoms with Gasteiger partial charge >= 0.3 is 6.18 Å². The van der Waals surface area contributed by atoms with Gasteiger partial charge in [-0.15, -0.1) is 0 Å². The fraction of sp³-hybridized carbons (Fsp3) is 0.647. The minimum absolute atomic E-state index is 0.129. The summed E-state index contributed by atoms with van der Waals surface area (Å²) in [6.45, 7) is 8.08. The first kappa shape index (κ1) is 16.3. The summed E-state index contributed by atoms with van der Waals surface area (Å²) in [5.41, 5.74) is 0.157. The fourth-order valence-electron chi connectivity index (χ4n) is 3.38. The molecule has 0 bridgehead atoms. The molecule has 0 saturated heterocycles. The van der Waals surface area contributed by atoms with Crippen LogP contribution in [-0.2, 0) is 11.6 Å². The molecular weight excluding hydrogens is 275 g/mol. The smallest absolute Gasteiger partial charge is 0.316 e. The molecule has 0 radical (unpaired) electrons. The van der Waals surface area contributed by atoms with Crippen LogP contribution in [-0.4, -0.2) is 13.1 Å². The van der Waals surface area contributed by atoms with Gasteiger partial charge in [0.15, 0.2) is 0 Å². The third kappa shape index (κ3) is 3.79. The second-order valence-corrected chi connectivity index (χ2v) is 6.90. The van der Waals surface area contributed by atoms with Gasteiger partial charge in [0.25, 0.3) is 0 Å². The molecule has 118 valence electrons. The predicted molar refractivity (Wildman–Crippen MR) is 79.2 cm³/mol. The number of alkyl halides is 3. The highest BCUT2D eigenvalue weighted by molar-refractivity contribution is 5.34. The van der Waals surface area contributed by atoms with Gasteiger partial charge in [0.05, 0.1) is 5.56 Å². The molecule has 1 fully saturated rings.